The summed E-state index contributed by atoms with van der Waals surface area (Å²) in [5, 5.41) is 3.25. The standard InChI is InChI=1S/C14H18F3NO/c1-2-18-9-10-7-8-11(10)12-5-3-4-6-13(12)19-14(15,16)17/h3-6,10-11,18H,2,7-9H2,1H3. The Morgan fingerprint density at radius 2 is 2.00 bits per heavy atom. The van der Waals surface area contributed by atoms with Gasteiger partial charge < -0.3 is 10.1 Å². The Morgan fingerprint density at radius 1 is 1.26 bits per heavy atom. The van der Waals surface area contributed by atoms with E-state index >= 15 is 0 Å². The van der Waals surface area contributed by atoms with Gasteiger partial charge in [-0.05, 0) is 49.4 Å². The van der Waals surface area contributed by atoms with E-state index in [1.165, 1.54) is 6.07 Å². The summed E-state index contributed by atoms with van der Waals surface area (Å²) >= 11 is 0. The molecule has 0 spiro atoms. The summed E-state index contributed by atoms with van der Waals surface area (Å²) in [6, 6.07) is 6.47. The molecule has 1 aromatic carbocycles. The summed E-state index contributed by atoms with van der Waals surface area (Å²) in [5.74, 6) is 0.511. The van der Waals surface area contributed by atoms with Crippen molar-refractivity contribution in [2.75, 3.05) is 13.1 Å². The maximum Gasteiger partial charge on any atom is 0.573 e. The molecule has 1 aliphatic rings. The van der Waals surface area contributed by atoms with Crippen LogP contribution in [0.1, 0.15) is 31.2 Å². The molecule has 2 unspecified atom stereocenters. The van der Waals surface area contributed by atoms with Gasteiger partial charge in [0.25, 0.3) is 0 Å². The quantitative estimate of drug-likeness (QED) is 0.883. The van der Waals surface area contributed by atoms with Crippen LogP contribution in [0.15, 0.2) is 24.3 Å². The molecule has 0 amide bonds. The number of rotatable bonds is 5. The molecular weight excluding hydrogens is 255 g/mol. The molecule has 1 aromatic rings. The van der Waals surface area contributed by atoms with Crippen LogP contribution in [-0.2, 0) is 0 Å². The average Bonchev–Trinajstić information content (AvgIpc) is 2.29. The summed E-state index contributed by atoms with van der Waals surface area (Å²) in [6.07, 6.45) is -2.65. The highest BCUT2D eigenvalue weighted by molar-refractivity contribution is 5.38. The van der Waals surface area contributed by atoms with E-state index in [9.17, 15) is 13.2 Å². The van der Waals surface area contributed by atoms with E-state index in [2.05, 4.69) is 10.1 Å². The van der Waals surface area contributed by atoms with E-state index in [0.717, 1.165) is 25.9 Å². The predicted octanol–water partition coefficient (Wildman–Crippen LogP) is 3.69. The van der Waals surface area contributed by atoms with Crippen molar-refractivity contribution in [2.45, 2.75) is 32.0 Å². The van der Waals surface area contributed by atoms with E-state index in [-0.39, 0.29) is 11.7 Å². The normalized spacial score (nSPS) is 22.9. The van der Waals surface area contributed by atoms with Crippen molar-refractivity contribution in [3.8, 4) is 5.75 Å². The topological polar surface area (TPSA) is 21.3 Å². The first-order valence-corrected chi connectivity index (χ1v) is 6.56. The van der Waals surface area contributed by atoms with E-state index in [0.29, 0.717) is 11.5 Å². The lowest BCUT2D eigenvalue weighted by Crippen LogP contribution is -2.34. The molecule has 2 rings (SSSR count). The zero-order chi connectivity index (χ0) is 13.9. The number of halogens is 3. The van der Waals surface area contributed by atoms with Crippen molar-refractivity contribution in [1.29, 1.82) is 0 Å². The van der Waals surface area contributed by atoms with Crippen LogP contribution >= 0.6 is 0 Å². The maximum absolute atomic E-state index is 12.4. The average molecular weight is 273 g/mol. The summed E-state index contributed by atoms with van der Waals surface area (Å²) in [5.41, 5.74) is 0.675. The van der Waals surface area contributed by atoms with Crippen LogP contribution in [-0.4, -0.2) is 19.5 Å². The molecule has 2 nitrogen and oxygen atoms in total. The fourth-order valence-electron chi connectivity index (χ4n) is 2.56. The minimum atomic E-state index is -4.63. The number of hydrogen-bond acceptors (Lipinski definition) is 2. The Balaban J connectivity index is 2.11. The first-order valence-electron chi connectivity index (χ1n) is 6.56. The van der Waals surface area contributed by atoms with Gasteiger partial charge in [0, 0.05) is 0 Å². The fraction of sp³-hybridized carbons (Fsp3) is 0.571. The molecule has 19 heavy (non-hydrogen) atoms. The van der Waals surface area contributed by atoms with Crippen LogP contribution in [0.2, 0.25) is 0 Å². The van der Waals surface area contributed by atoms with Crippen LogP contribution in [0.5, 0.6) is 5.75 Å². The molecule has 2 atom stereocenters. The second kappa shape index (κ2) is 5.82. The van der Waals surface area contributed by atoms with Crippen LogP contribution in [0.25, 0.3) is 0 Å². The van der Waals surface area contributed by atoms with Crippen LogP contribution in [0.4, 0.5) is 13.2 Å². The van der Waals surface area contributed by atoms with Crippen molar-refractivity contribution in [3.63, 3.8) is 0 Å². The van der Waals surface area contributed by atoms with E-state index in [1.807, 2.05) is 6.92 Å². The van der Waals surface area contributed by atoms with Crippen molar-refractivity contribution < 1.29 is 17.9 Å². The fourth-order valence-corrected chi connectivity index (χ4v) is 2.56. The summed E-state index contributed by atoms with van der Waals surface area (Å²) in [4.78, 5) is 0. The third-order valence-corrected chi connectivity index (χ3v) is 3.62. The Hall–Kier alpha value is -1.23. The number of alkyl halides is 3. The third kappa shape index (κ3) is 3.62. The highest BCUT2D eigenvalue weighted by Gasteiger charge is 2.37. The highest BCUT2D eigenvalue weighted by atomic mass is 19.4. The van der Waals surface area contributed by atoms with Gasteiger partial charge in [-0.2, -0.15) is 0 Å². The van der Waals surface area contributed by atoms with Gasteiger partial charge in [0.1, 0.15) is 5.75 Å². The Kier molecular flexibility index (Phi) is 4.34. The maximum atomic E-state index is 12.4. The molecule has 1 fully saturated rings. The van der Waals surface area contributed by atoms with E-state index in [1.54, 1.807) is 18.2 Å². The molecular formula is C14H18F3NO. The van der Waals surface area contributed by atoms with Crippen molar-refractivity contribution >= 4 is 0 Å². The van der Waals surface area contributed by atoms with Gasteiger partial charge in [0.15, 0.2) is 0 Å². The Bertz CT molecular complexity index is 419. The molecule has 5 heteroatoms. The second-order valence-corrected chi connectivity index (χ2v) is 4.84. The van der Waals surface area contributed by atoms with Gasteiger partial charge >= 0.3 is 6.36 Å². The van der Waals surface area contributed by atoms with E-state index in [4.69, 9.17) is 0 Å². The molecule has 0 aromatic heterocycles. The minimum Gasteiger partial charge on any atom is -0.405 e. The first kappa shape index (κ1) is 14.2. The molecule has 106 valence electrons. The zero-order valence-electron chi connectivity index (χ0n) is 10.8. The van der Waals surface area contributed by atoms with Crippen molar-refractivity contribution in [2.24, 2.45) is 5.92 Å². The number of ether oxygens (including phenoxy) is 1. The molecule has 1 aliphatic carbocycles. The van der Waals surface area contributed by atoms with Crippen molar-refractivity contribution in [1.82, 2.24) is 5.32 Å². The highest BCUT2D eigenvalue weighted by Crippen LogP contribution is 2.46. The molecule has 1 saturated carbocycles. The SMILES string of the molecule is CCNCC1CCC1c1ccccc1OC(F)(F)F. The van der Waals surface area contributed by atoms with Gasteiger partial charge in [-0.3, -0.25) is 0 Å². The van der Waals surface area contributed by atoms with Crippen LogP contribution in [0, 0.1) is 5.92 Å². The lowest BCUT2D eigenvalue weighted by molar-refractivity contribution is -0.275. The summed E-state index contributed by atoms with van der Waals surface area (Å²) in [7, 11) is 0. The first-order chi connectivity index (χ1) is 9.01. The van der Waals surface area contributed by atoms with Crippen LogP contribution < -0.4 is 10.1 Å². The number of benzene rings is 1. The van der Waals surface area contributed by atoms with Crippen molar-refractivity contribution in [3.05, 3.63) is 29.8 Å². The number of hydrogen-bond donors (Lipinski definition) is 1. The third-order valence-electron chi connectivity index (χ3n) is 3.62. The zero-order valence-corrected chi connectivity index (χ0v) is 10.8. The van der Waals surface area contributed by atoms with Gasteiger partial charge in [-0.15, -0.1) is 13.2 Å². The monoisotopic (exact) mass is 273 g/mol. The van der Waals surface area contributed by atoms with Gasteiger partial charge in [-0.25, -0.2) is 0 Å². The van der Waals surface area contributed by atoms with E-state index < -0.39 is 6.36 Å². The Labute approximate surface area is 111 Å². The molecule has 0 radical (unpaired) electrons. The number of para-hydroxylation sites is 1. The largest absolute Gasteiger partial charge is 0.573 e. The summed E-state index contributed by atoms with van der Waals surface area (Å²) in [6.45, 7) is 3.75. The smallest absolute Gasteiger partial charge is 0.405 e. The van der Waals surface area contributed by atoms with Gasteiger partial charge in [0.05, 0.1) is 0 Å². The van der Waals surface area contributed by atoms with Gasteiger partial charge in [0.2, 0.25) is 0 Å². The lowest BCUT2D eigenvalue weighted by Gasteiger charge is -2.38. The summed E-state index contributed by atoms with van der Waals surface area (Å²) < 4.78 is 41.2. The molecule has 0 heterocycles. The van der Waals surface area contributed by atoms with Gasteiger partial charge in [-0.1, -0.05) is 25.1 Å². The lowest BCUT2D eigenvalue weighted by atomic mass is 9.69. The second-order valence-electron chi connectivity index (χ2n) is 4.84. The molecule has 0 saturated heterocycles. The molecule has 0 aliphatic heterocycles. The Morgan fingerprint density at radius 3 is 2.58 bits per heavy atom. The minimum absolute atomic E-state index is 0.0544. The number of nitrogens with one attached hydrogen (secondary N) is 1. The molecule has 1 N–H and O–H groups in total. The van der Waals surface area contributed by atoms with Crippen LogP contribution in [0.3, 0.4) is 0 Å². The predicted molar refractivity (Wildman–Crippen MR) is 67.1 cm³/mol. The molecule has 0 bridgehead atoms.